The minimum Gasteiger partial charge on any atom is -0.493 e. The van der Waals surface area contributed by atoms with Crippen LogP contribution in [0.2, 0.25) is 0 Å². The predicted molar refractivity (Wildman–Crippen MR) is 73.8 cm³/mol. The maximum absolute atomic E-state index is 12.2. The molecule has 0 saturated carbocycles. The van der Waals surface area contributed by atoms with Crippen molar-refractivity contribution < 1.29 is 19.0 Å². The molecule has 0 atom stereocenters. The summed E-state index contributed by atoms with van der Waals surface area (Å²) in [6.45, 7) is 0.469. The number of nitrogens with zero attached hydrogens (tertiary/aromatic N) is 1. The highest BCUT2D eigenvalue weighted by Gasteiger charge is 2.18. The molecule has 6 heteroatoms. The molecule has 1 rings (SSSR count). The number of amides is 1. The fraction of sp³-hybridized carbons (Fsp3) is 0.462. The Labute approximate surface area is 118 Å². The second-order valence-corrected chi connectivity index (χ2v) is 4.21. The number of benzene rings is 1. The molecule has 0 unspecified atom stereocenters. The van der Waals surface area contributed by atoms with Crippen LogP contribution in [0.4, 0.5) is 0 Å². The fourth-order valence-electron chi connectivity index (χ4n) is 1.65. The first kappa shape index (κ1) is 15.4. The van der Waals surface area contributed by atoms with Crippen molar-refractivity contribution in [1.82, 2.24) is 4.90 Å². The molecule has 106 valence electrons. The van der Waals surface area contributed by atoms with Gasteiger partial charge >= 0.3 is 0 Å². The number of methoxy groups -OCH3 is 3. The van der Waals surface area contributed by atoms with Crippen LogP contribution in [-0.2, 0) is 0 Å². The van der Waals surface area contributed by atoms with Gasteiger partial charge in [-0.2, -0.15) is 0 Å². The molecule has 1 aromatic rings. The van der Waals surface area contributed by atoms with E-state index < -0.39 is 0 Å². The van der Waals surface area contributed by atoms with Crippen LogP contribution in [0.25, 0.3) is 0 Å². The highest BCUT2D eigenvalue weighted by molar-refractivity contribution is 6.18. The normalized spacial score (nSPS) is 9.95. The molecule has 0 aliphatic heterocycles. The maximum atomic E-state index is 12.2. The second-order valence-electron chi connectivity index (χ2n) is 3.83. The lowest BCUT2D eigenvalue weighted by Crippen LogP contribution is -2.28. The van der Waals surface area contributed by atoms with E-state index in [1.807, 2.05) is 0 Å². The van der Waals surface area contributed by atoms with Crippen molar-refractivity contribution in [2.45, 2.75) is 0 Å². The summed E-state index contributed by atoms with van der Waals surface area (Å²) < 4.78 is 15.6. The molecule has 0 radical (unpaired) electrons. The van der Waals surface area contributed by atoms with E-state index in [2.05, 4.69) is 0 Å². The van der Waals surface area contributed by atoms with Crippen molar-refractivity contribution in [3.05, 3.63) is 17.7 Å². The molecular weight excluding hydrogens is 270 g/mol. The zero-order chi connectivity index (χ0) is 14.4. The maximum Gasteiger partial charge on any atom is 0.253 e. The Hall–Kier alpha value is -1.62. The fourth-order valence-corrected chi connectivity index (χ4v) is 1.91. The zero-order valence-corrected chi connectivity index (χ0v) is 12.3. The third-order valence-corrected chi connectivity index (χ3v) is 2.85. The van der Waals surface area contributed by atoms with Gasteiger partial charge in [0.1, 0.15) is 0 Å². The van der Waals surface area contributed by atoms with Crippen molar-refractivity contribution in [3.63, 3.8) is 0 Å². The SMILES string of the molecule is COc1cc(C(=O)N(C)CCCl)cc(OC)c1OC. The van der Waals surface area contributed by atoms with Gasteiger partial charge in [-0.25, -0.2) is 0 Å². The van der Waals surface area contributed by atoms with Crippen LogP contribution >= 0.6 is 11.6 Å². The van der Waals surface area contributed by atoms with E-state index in [4.69, 9.17) is 25.8 Å². The van der Waals surface area contributed by atoms with Gasteiger partial charge in [0.2, 0.25) is 5.75 Å². The highest BCUT2D eigenvalue weighted by Crippen LogP contribution is 2.38. The van der Waals surface area contributed by atoms with Crippen LogP contribution in [0.1, 0.15) is 10.4 Å². The highest BCUT2D eigenvalue weighted by atomic mass is 35.5. The molecule has 0 aliphatic rings. The summed E-state index contributed by atoms with van der Waals surface area (Å²) in [5.74, 6) is 1.59. The van der Waals surface area contributed by atoms with Crippen LogP contribution in [0.15, 0.2) is 12.1 Å². The zero-order valence-electron chi connectivity index (χ0n) is 11.5. The molecule has 5 nitrogen and oxygen atoms in total. The molecular formula is C13H18ClNO4. The Morgan fingerprint density at radius 2 is 1.68 bits per heavy atom. The van der Waals surface area contributed by atoms with E-state index in [1.165, 1.54) is 26.2 Å². The third-order valence-electron chi connectivity index (χ3n) is 2.68. The molecule has 0 bridgehead atoms. The average molecular weight is 288 g/mol. The van der Waals surface area contributed by atoms with Crippen LogP contribution in [0.5, 0.6) is 17.2 Å². The average Bonchev–Trinajstić information content (AvgIpc) is 2.44. The third kappa shape index (κ3) is 3.44. The number of rotatable bonds is 6. The van der Waals surface area contributed by atoms with E-state index in [-0.39, 0.29) is 5.91 Å². The number of hydrogen-bond donors (Lipinski definition) is 0. The molecule has 1 amide bonds. The van der Waals surface area contributed by atoms with E-state index in [0.29, 0.717) is 35.2 Å². The van der Waals surface area contributed by atoms with Gasteiger partial charge in [-0.3, -0.25) is 4.79 Å². The molecule has 0 saturated heterocycles. The number of hydrogen-bond acceptors (Lipinski definition) is 4. The summed E-state index contributed by atoms with van der Waals surface area (Å²) in [6.07, 6.45) is 0. The molecule has 0 spiro atoms. The quantitative estimate of drug-likeness (QED) is 0.751. The number of ether oxygens (including phenoxy) is 3. The lowest BCUT2D eigenvalue weighted by atomic mass is 10.1. The molecule has 1 aromatic carbocycles. The van der Waals surface area contributed by atoms with Crippen molar-refractivity contribution in [2.24, 2.45) is 0 Å². The van der Waals surface area contributed by atoms with Gasteiger partial charge in [0, 0.05) is 25.0 Å². The Morgan fingerprint density at radius 3 is 2.05 bits per heavy atom. The smallest absolute Gasteiger partial charge is 0.253 e. The molecule has 0 aromatic heterocycles. The number of carbonyl (C=O) groups is 1. The number of halogens is 1. The van der Waals surface area contributed by atoms with Crippen molar-refractivity contribution in [1.29, 1.82) is 0 Å². The summed E-state index contributed by atoms with van der Waals surface area (Å²) in [6, 6.07) is 3.24. The molecule has 0 aliphatic carbocycles. The van der Waals surface area contributed by atoms with Crippen molar-refractivity contribution in [2.75, 3.05) is 40.8 Å². The summed E-state index contributed by atoms with van der Waals surface area (Å²) in [5, 5.41) is 0. The molecule has 0 heterocycles. The van der Waals surface area contributed by atoms with Gasteiger partial charge in [0.25, 0.3) is 5.91 Å². The topological polar surface area (TPSA) is 48.0 Å². The minimum atomic E-state index is -0.153. The van der Waals surface area contributed by atoms with E-state index in [0.717, 1.165) is 0 Å². The van der Waals surface area contributed by atoms with E-state index >= 15 is 0 Å². The van der Waals surface area contributed by atoms with Crippen molar-refractivity contribution >= 4 is 17.5 Å². The Bertz CT molecular complexity index is 425. The number of carbonyl (C=O) groups excluding carboxylic acids is 1. The van der Waals surface area contributed by atoms with E-state index in [1.54, 1.807) is 19.2 Å². The monoisotopic (exact) mass is 287 g/mol. The van der Waals surface area contributed by atoms with Gasteiger partial charge in [0.05, 0.1) is 21.3 Å². The lowest BCUT2D eigenvalue weighted by molar-refractivity contribution is 0.0802. The molecule has 0 N–H and O–H groups in total. The van der Waals surface area contributed by atoms with Gasteiger partial charge in [-0.05, 0) is 12.1 Å². The minimum absolute atomic E-state index is 0.153. The van der Waals surface area contributed by atoms with Crippen LogP contribution in [0, 0.1) is 0 Å². The van der Waals surface area contributed by atoms with Crippen LogP contribution in [0.3, 0.4) is 0 Å². The molecule has 0 fully saturated rings. The van der Waals surface area contributed by atoms with Gasteiger partial charge in [-0.1, -0.05) is 0 Å². The van der Waals surface area contributed by atoms with Crippen LogP contribution in [-0.4, -0.2) is 51.6 Å². The number of alkyl halides is 1. The summed E-state index contributed by atoms with van der Waals surface area (Å²) in [4.78, 5) is 13.7. The van der Waals surface area contributed by atoms with Gasteiger partial charge in [0.15, 0.2) is 11.5 Å². The standard InChI is InChI=1S/C13H18ClNO4/c1-15(6-5-14)13(16)9-7-10(17-2)12(19-4)11(8-9)18-3/h7-8H,5-6H2,1-4H3. The summed E-state index contributed by atoms with van der Waals surface area (Å²) in [7, 11) is 6.22. The summed E-state index contributed by atoms with van der Waals surface area (Å²) in [5.41, 5.74) is 0.460. The predicted octanol–water partition coefficient (Wildman–Crippen LogP) is 2.02. The van der Waals surface area contributed by atoms with Crippen molar-refractivity contribution in [3.8, 4) is 17.2 Å². The van der Waals surface area contributed by atoms with E-state index in [9.17, 15) is 4.79 Å². The molecule has 19 heavy (non-hydrogen) atoms. The second kappa shape index (κ2) is 7.09. The first-order valence-corrected chi connectivity index (χ1v) is 6.23. The van der Waals surface area contributed by atoms with Gasteiger partial charge < -0.3 is 19.1 Å². The first-order valence-electron chi connectivity index (χ1n) is 5.70. The van der Waals surface area contributed by atoms with Gasteiger partial charge in [-0.15, -0.1) is 11.6 Å². The Balaban J connectivity index is 3.19. The first-order chi connectivity index (χ1) is 9.08. The summed E-state index contributed by atoms with van der Waals surface area (Å²) >= 11 is 5.63. The largest absolute Gasteiger partial charge is 0.493 e. The Kier molecular flexibility index (Phi) is 5.76. The van der Waals surface area contributed by atoms with Crippen LogP contribution < -0.4 is 14.2 Å². The Morgan fingerprint density at radius 1 is 1.16 bits per heavy atom. The lowest BCUT2D eigenvalue weighted by Gasteiger charge is -2.18.